The van der Waals surface area contributed by atoms with Crippen LogP contribution in [0.3, 0.4) is 0 Å². The summed E-state index contributed by atoms with van der Waals surface area (Å²) >= 11 is 1.33. The zero-order chi connectivity index (χ0) is 23.5. The van der Waals surface area contributed by atoms with Gasteiger partial charge in [0, 0.05) is 17.9 Å². The molecule has 34 heavy (non-hydrogen) atoms. The fourth-order valence-corrected chi connectivity index (χ4v) is 4.88. The van der Waals surface area contributed by atoms with Gasteiger partial charge in [0.25, 0.3) is 0 Å². The van der Waals surface area contributed by atoms with Gasteiger partial charge in [0.15, 0.2) is 28.7 Å². The minimum Gasteiger partial charge on any atom is -0.480 e. The van der Waals surface area contributed by atoms with Gasteiger partial charge in [-0.15, -0.1) is 10.2 Å². The molecular formula is C26H23FN4O2S. The number of nitrogens with zero attached hydrogens (tertiary/aromatic N) is 4. The molecular weight excluding hydrogens is 451 g/mol. The van der Waals surface area contributed by atoms with Crippen LogP contribution in [0.15, 0.2) is 84.0 Å². The number of thioether (sulfide) groups is 1. The van der Waals surface area contributed by atoms with E-state index in [-0.39, 0.29) is 17.4 Å². The summed E-state index contributed by atoms with van der Waals surface area (Å²) in [4.78, 5) is 14.9. The molecule has 2 heterocycles. The van der Waals surface area contributed by atoms with Crippen LogP contribution in [-0.2, 0) is 11.2 Å². The third-order valence-electron chi connectivity index (χ3n) is 5.69. The normalized spacial score (nSPS) is 13.5. The van der Waals surface area contributed by atoms with Crippen LogP contribution < -0.4 is 9.64 Å². The molecule has 0 spiro atoms. The molecule has 0 aliphatic carbocycles. The minimum atomic E-state index is -0.569. The summed E-state index contributed by atoms with van der Waals surface area (Å²) in [6.45, 7) is 2.49. The Bertz CT molecular complexity index is 1310. The fraction of sp³-hybridized carbons (Fsp3) is 0.192. The Kier molecular flexibility index (Phi) is 6.31. The van der Waals surface area contributed by atoms with Crippen molar-refractivity contribution in [2.75, 3.05) is 17.2 Å². The van der Waals surface area contributed by atoms with E-state index >= 15 is 0 Å². The maximum atomic E-state index is 14.1. The number of hydrogen-bond acceptors (Lipinski definition) is 5. The van der Waals surface area contributed by atoms with Crippen LogP contribution in [0.1, 0.15) is 24.4 Å². The molecule has 1 aliphatic rings. The monoisotopic (exact) mass is 474 g/mol. The minimum absolute atomic E-state index is 0.0229. The van der Waals surface area contributed by atoms with Gasteiger partial charge in [-0.3, -0.25) is 9.36 Å². The molecule has 3 aromatic carbocycles. The second kappa shape index (κ2) is 9.69. The predicted octanol–water partition coefficient (Wildman–Crippen LogP) is 5.23. The van der Waals surface area contributed by atoms with Gasteiger partial charge in [-0.1, -0.05) is 60.3 Å². The van der Waals surface area contributed by atoms with E-state index in [0.29, 0.717) is 17.5 Å². The van der Waals surface area contributed by atoms with Gasteiger partial charge in [-0.05, 0) is 49.2 Å². The predicted molar refractivity (Wildman–Crippen MR) is 130 cm³/mol. The molecule has 0 bridgehead atoms. The number of ether oxygens (including phenoxy) is 1. The highest BCUT2D eigenvalue weighted by Crippen LogP contribution is 2.31. The van der Waals surface area contributed by atoms with Crippen LogP contribution in [0, 0.1) is 5.82 Å². The molecule has 1 aliphatic heterocycles. The first-order valence-corrected chi connectivity index (χ1v) is 12.0. The summed E-state index contributed by atoms with van der Waals surface area (Å²) in [5.74, 6) is 0.480. The molecule has 0 fully saturated rings. The first-order valence-electron chi connectivity index (χ1n) is 11.0. The Balaban J connectivity index is 1.39. The molecule has 0 saturated carbocycles. The van der Waals surface area contributed by atoms with Crippen molar-refractivity contribution in [3.63, 3.8) is 0 Å². The summed E-state index contributed by atoms with van der Waals surface area (Å²) in [5.41, 5.74) is 3.01. The lowest BCUT2D eigenvalue weighted by Crippen LogP contribution is -2.30. The van der Waals surface area contributed by atoms with Gasteiger partial charge in [-0.25, -0.2) is 4.39 Å². The smallest absolute Gasteiger partial charge is 0.237 e. The molecule has 1 amide bonds. The highest BCUT2D eigenvalue weighted by molar-refractivity contribution is 7.99. The first-order chi connectivity index (χ1) is 16.6. The van der Waals surface area contributed by atoms with Crippen molar-refractivity contribution in [2.24, 2.45) is 0 Å². The van der Waals surface area contributed by atoms with Gasteiger partial charge >= 0.3 is 0 Å². The summed E-state index contributed by atoms with van der Waals surface area (Å²) in [6.07, 6.45) is 0.294. The van der Waals surface area contributed by atoms with Crippen molar-refractivity contribution < 1.29 is 13.9 Å². The molecule has 0 saturated heterocycles. The Morgan fingerprint density at radius 1 is 1.03 bits per heavy atom. The van der Waals surface area contributed by atoms with E-state index in [1.54, 1.807) is 25.1 Å². The number of carbonyl (C=O) groups is 1. The molecule has 1 unspecified atom stereocenters. The second-order valence-electron chi connectivity index (χ2n) is 7.91. The summed E-state index contributed by atoms with van der Waals surface area (Å²) in [6, 6.07) is 23.9. The van der Waals surface area contributed by atoms with Gasteiger partial charge in [0.1, 0.15) is 0 Å². The number of anilines is 1. The molecule has 8 heteroatoms. The Hall–Kier alpha value is -3.65. The number of aromatic nitrogens is 3. The largest absolute Gasteiger partial charge is 0.480 e. The van der Waals surface area contributed by atoms with E-state index in [1.165, 1.54) is 23.4 Å². The van der Waals surface area contributed by atoms with Crippen molar-refractivity contribution in [3.05, 3.63) is 96.1 Å². The average molecular weight is 475 g/mol. The van der Waals surface area contributed by atoms with E-state index in [1.807, 2.05) is 58.0 Å². The quantitative estimate of drug-likeness (QED) is 0.344. The van der Waals surface area contributed by atoms with E-state index in [0.717, 1.165) is 17.8 Å². The van der Waals surface area contributed by atoms with Crippen molar-refractivity contribution in [1.82, 2.24) is 14.8 Å². The maximum Gasteiger partial charge on any atom is 0.237 e. The zero-order valence-corrected chi connectivity index (χ0v) is 19.4. The average Bonchev–Trinajstić information content (AvgIpc) is 3.49. The van der Waals surface area contributed by atoms with Gasteiger partial charge < -0.3 is 9.64 Å². The molecule has 0 N–H and O–H groups in total. The third-order valence-corrected chi connectivity index (χ3v) is 6.60. The van der Waals surface area contributed by atoms with Gasteiger partial charge in [0.05, 0.1) is 5.75 Å². The lowest BCUT2D eigenvalue weighted by Gasteiger charge is -2.18. The number of carbonyl (C=O) groups excluding carboxylic acids is 1. The first kappa shape index (κ1) is 22.2. The molecule has 1 atom stereocenters. The molecule has 5 rings (SSSR count). The van der Waals surface area contributed by atoms with Crippen molar-refractivity contribution >= 4 is 23.4 Å². The second-order valence-corrected chi connectivity index (χ2v) is 8.86. The SMILES string of the molecule is CC(Oc1ccccc1F)c1nnc(SCC(=O)N2CCc3ccccc32)n1-c1ccccc1. The van der Waals surface area contributed by atoms with Crippen LogP contribution in [0.4, 0.5) is 10.1 Å². The van der Waals surface area contributed by atoms with Crippen LogP contribution in [0.2, 0.25) is 0 Å². The highest BCUT2D eigenvalue weighted by atomic mass is 32.2. The molecule has 1 aromatic heterocycles. The van der Waals surface area contributed by atoms with Crippen molar-refractivity contribution in [1.29, 1.82) is 0 Å². The van der Waals surface area contributed by atoms with Crippen LogP contribution in [0.25, 0.3) is 5.69 Å². The van der Waals surface area contributed by atoms with E-state index in [4.69, 9.17) is 4.74 Å². The number of rotatable bonds is 7. The van der Waals surface area contributed by atoms with Crippen LogP contribution in [-0.4, -0.2) is 33.0 Å². The molecule has 172 valence electrons. The molecule has 0 radical (unpaired) electrons. The van der Waals surface area contributed by atoms with Crippen molar-refractivity contribution in [2.45, 2.75) is 24.6 Å². The molecule has 4 aromatic rings. The number of amides is 1. The Labute approximate surface area is 201 Å². The van der Waals surface area contributed by atoms with E-state index in [2.05, 4.69) is 16.3 Å². The number of benzene rings is 3. The number of fused-ring (bicyclic) bond motifs is 1. The van der Waals surface area contributed by atoms with E-state index < -0.39 is 11.9 Å². The van der Waals surface area contributed by atoms with Crippen LogP contribution >= 0.6 is 11.8 Å². The zero-order valence-electron chi connectivity index (χ0n) is 18.6. The number of para-hydroxylation sites is 3. The number of halogens is 1. The standard InChI is InChI=1S/C26H23FN4O2S/c1-18(33-23-14-8-6-12-21(23)27)25-28-29-26(31(25)20-10-3-2-4-11-20)34-17-24(32)30-16-15-19-9-5-7-13-22(19)30/h2-14,18H,15-17H2,1H3. The van der Waals surface area contributed by atoms with Crippen molar-refractivity contribution in [3.8, 4) is 11.4 Å². The molecule has 6 nitrogen and oxygen atoms in total. The third kappa shape index (κ3) is 4.41. The fourth-order valence-electron chi connectivity index (χ4n) is 4.04. The lowest BCUT2D eigenvalue weighted by atomic mass is 10.2. The Morgan fingerprint density at radius 3 is 2.59 bits per heavy atom. The topological polar surface area (TPSA) is 60.3 Å². The van der Waals surface area contributed by atoms with E-state index in [9.17, 15) is 9.18 Å². The van der Waals surface area contributed by atoms with Gasteiger partial charge in [0.2, 0.25) is 5.91 Å². The highest BCUT2D eigenvalue weighted by Gasteiger charge is 2.26. The Morgan fingerprint density at radius 2 is 1.76 bits per heavy atom. The van der Waals surface area contributed by atoms with Crippen LogP contribution in [0.5, 0.6) is 5.75 Å². The van der Waals surface area contributed by atoms with Gasteiger partial charge in [-0.2, -0.15) is 0 Å². The summed E-state index contributed by atoms with van der Waals surface area (Å²) in [5, 5.41) is 9.28. The maximum absolute atomic E-state index is 14.1. The number of hydrogen-bond donors (Lipinski definition) is 0. The lowest BCUT2D eigenvalue weighted by molar-refractivity contribution is -0.116. The summed E-state index contributed by atoms with van der Waals surface area (Å²) < 4.78 is 21.9. The summed E-state index contributed by atoms with van der Waals surface area (Å²) in [7, 11) is 0.